The maximum absolute atomic E-state index is 11.8. The van der Waals surface area contributed by atoms with E-state index >= 15 is 0 Å². The molecule has 0 aliphatic heterocycles. The third-order valence-electron chi connectivity index (χ3n) is 3.41. The SMILES string of the molecule is Cn1ccc(COc2cccc3c2CCCC3=O)n1. The Morgan fingerprint density at radius 1 is 1.32 bits per heavy atom. The molecule has 0 radical (unpaired) electrons. The zero-order chi connectivity index (χ0) is 13.2. The summed E-state index contributed by atoms with van der Waals surface area (Å²) in [6.07, 6.45) is 4.37. The van der Waals surface area contributed by atoms with Crippen LogP contribution < -0.4 is 4.74 Å². The van der Waals surface area contributed by atoms with Gasteiger partial charge in [0.25, 0.3) is 0 Å². The highest BCUT2D eigenvalue weighted by atomic mass is 16.5. The summed E-state index contributed by atoms with van der Waals surface area (Å²) in [6.45, 7) is 0.436. The first-order valence-electron chi connectivity index (χ1n) is 6.50. The van der Waals surface area contributed by atoms with E-state index in [-0.39, 0.29) is 5.78 Å². The van der Waals surface area contributed by atoms with Crippen molar-refractivity contribution in [3.63, 3.8) is 0 Å². The zero-order valence-corrected chi connectivity index (χ0v) is 10.9. The normalized spacial score (nSPS) is 14.3. The van der Waals surface area contributed by atoms with Crippen molar-refractivity contribution >= 4 is 5.78 Å². The minimum absolute atomic E-state index is 0.226. The fourth-order valence-corrected chi connectivity index (χ4v) is 2.47. The van der Waals surface area contributed by atoms with Gasteiger partial charge in [0.1, 0.15) is 12.4 Å². The van der Waals surface area contributed by atoms with Gasteiger partial charge >= 0.3 is 0 Å². The molecule has 1 aromatic heterocycles. The van der Waals surface area contributed by atoms with Gasteiger partial charge in [-0.2, -0.15) is 5.10 Å². The van der Waals surface area contributed by atoms with Crippen molar-refractivity contribution in [2.45, 2.75) is 25.9 Å². The van der Waals surface area contributed by atoms with Crippen LogP contribution in [0.3, 0.4) is 0 Å². The molecule has 4 heteroatoms. The molecule has 4 nitrogen and oxygen atoms in total. The van der Waals surface area contributed by atoms with Gasteiger partial charge in [-0.05, 0) is 25.0 Å². The first-order valence-corrected chi connectivity index (χ1v) is 6.50. The minimum atomic E-state index is 0.226. The van der Waals surface area contributed by atoms with Crippen LogP contribution >= 0.6 is 0 Å². The molecule has 0 unspecified atom stereocenters. The summed E-state index contributed by atoms with van der Waals surface area (Å²) in [5, 5.41) is 4.28. The van der Waals surface area contributed by atoms with E-state index < -0.39 is 0 Å². The quantitative estimate of drug-likeness (QED) is 0.847. The lowest BCUT2D eigenvalue weighted by molar-refractivity contribution is 0.0971. The van der Waals surface area contributed by atoms with Gasteiger partial charge in [-0.3, -0.25) is 9.48 Å². The molecule has 3 rings (SSSR count). The molecule has 1 aliphatic carbocycles. The van der Waals surface area contributed by atoms with Crippen molar-refractivity contribution in [1.29, 1.82) is 0 Å². The second kappa shape index (κ2) is 4.88. The zero-order valence-electron chi connectivity index (χ0n) is 10.9. The van der Waals surface area contributed by atoms with E-state index in [4.69, 9.17) is 4.74 Å². The average molecular weight is 256 g/mol. The number of ether oxygens (including phenoxy) is 1. The maximum Gasteiger partial charge on any atom is 0.163 e. The van der Waals surface area contributed by atoms with Crippen LogP contribution in [0, 0.1) is 0 Å². The molecule has 1 aliphatic rings. The van der Waals surface area contributed by atoms with Gasteiger partial charge in [-0.25, -0.2) is 0 Å². The lowest BCUT2D eigenvalue weighted by atomic mass is 9.90. The van der Waals surface area contributed by atoms with E-state index in [1.807, 2.05) is 37.5 Å². The van der Waals surface area contributed by atoms with E-state index in [0.29, 0.717) is 13.0 Å². The number of carbonyl (C=O) groups excluding carboxylic acids is 1. The molecular weight excluding hydrogens is 240 g/mol. The smallest absolute Gasteiger partial charge is 0.163 e. The Kier molecular flexibility index (Phi) is 3.07. The number of carbonyl (C=O) groups is 1. The van der Waals surface area contributed by atoms with Crippen LogP contribution in [0.15, 0.2) is 30.5 Å². The van der Waals surface area contributed by atoms with Crippen LogP contribution in [0.4, 0.5) is 0 Å². The molecular formula is C15H16N2O2. The lowest BCUT2D eigenvalue weighted by Crippen LogP contribution is -2.12. The summed E-state index contributed by atoms with van der Waals surface area (Å²) in [5.74, 6) is 1.04. The number of hydrogen-bond acceptors (Lipinski definition) is 3. The van der Waals surface area contributed by atoms with Crippen LogP contribution in [0.25, 0.3) is 0 Å². The number of benzene rings is 1. The van der Waals surface area contributed by atoms with Crippen LogP contribution in [0.1, 0.15) is 34.5 Å². The standard InChI is InChI=1S/C15H16N2O2/c1-17-9-8-11(16-17)10-19-15-7-3-4-12-13(15)5-2-6-14(12)18/h3-4,7-9H,2,5-6,10H2,1H3. The Morgan fingerprint density at radius 3 is 3.00 bits per heavy atom. The van der Waals surface area contributed by atoms with Crippen molar-refractivity contribution in [2.24, 2.45) is 7.05 Å². The van der Waals surface area contributed by atoms with Crippen LogP contribution in [-0.2, 0) is 20.1 Å². The largest absolute Gasteiger partial charge is 0.487 e. The predicted octanol–water partition coefficient (Wildman–Crippen LogP) is 2.52. The van der Waals surface area contributed by atoms with Crippen molar-refractivity contribution in [3.8, 4) is 5.75 Å². The summed E-state index contributed by atoms with van der Waals surface area (Å²) in [7, 11) is 1.88. The topological polar surface area (TPSA) is 44.1 Å². The third kappa shape index (κ3) is 2.38. The van der Waals surface area contributed by atoms with E-state index in [1.54, 1.807) is 4.68 Å². The lowest BCUT2D eigenvalue weighted by Gasteiger charge is -2.18. The molecule has 19 heavy (non-hydrogen) atoms. The van der Waals surface area contributed by atoms with Gasteiger partial charge < -0.3 is 4.74 Å². The molecule has 0 fully saturated rings. The number of rotatable bonds is 3. The Balaban J connectivity index is 1.81. The van der Waals surface area contributed by atoms with Gasteiger partial charge in [0.15, 0.2) is 5.78 Å². The van der Waals surface area contributed by atoms with Crippen molar-refractivity contribution in [2.75, 3.05) is 0 Å². The number of aromatic nitrogens is 2. The van der Waals surface area contributed by atoms with Crippen molar-refractivity contribution in [3.05, 3.63) is 47.3 Å². The van der Waals surface area contributed by atoms with Gasteiger partial charge in [0.05, 0.1) is 5.69 Å². The van der Waals surface area contributed by atoms with E-state index in [9.17, 15) is 4.79 Å². The highest BCUT2D eigenvalue weighted by molar-refractivity contribution is 5.99. The second-order valence-corrected chi connectivity index (χ2v) is 4.83. The molecule has 0 spiro atoms. The molecule has 98 valence electrons. The summed E-state index contributed by atoms with van der Waals surface area (Å²) in [6, 6.07) is 7.64. The average Bonchev–Trinajstić information content (AvgIpc) is 2.83. The number of hydrogen-bond donors (Lipinski definition) is 0. The number of aryl methyl sites for hydroxylation is 1. The van der Waals surface area contributed by atoms with Gasteiger partial charge in [-0.15, -0.1) is 0 Å². The van der Waals surface area contributed by atoms with Crippen LogP contribution in [-0.4, -0.2) is 15.6 Å². The van der Waals surface area contributed by atoms with E-state index in [2.05, 4.69) is 5.10 Å². The van der Waals surface area contributed by atoms with Crippen LogP contribution in [0.2, 0.25) is 0 Å². The van der Waals surface area contributed by atoms with Gasteiger partial charge in [0.2, 0.25) is 0 Å². The third-order valence-corrected chi connectivity index (χ3v) is 3.41. The first-order chi connectivity index (χ1) is 9.24. The summed E-state index contributed by atoms with van der Waals surface area (Å²) in [4.78, 5) is 11.8. The Hall–Kier alpha value is -2.10. The highest BCUT2D eigenvalue weighted by Crippen LogP contribution is 2.29. The number of fused-ring (bicyclic) bond motifs is 1. The summed E-state index contributed by atoms with van der Waals surface area (Å²) < 4.78 is 7.58. The first kappa shape index (κ1) is 12.0. The Morgan fingerprint density at radius 2 is 2.21 bits per heavy atom. The molecule has 2 aromatic rings. The van der Waals surface area contributed by atoms with Gasteiger partial charge in [0, 0.05) is 30.8 Å². The molecule has 0 amide bonds. The highest BCUT2D eigenvalue weighted by Gasteiger charge is 2.20. The van der Waals surface area contributed by atoms with E-state index in [1.165, 1.54) is 0 Å². The molecule has 1 heterocycles. The molecule has 0 atom stereocenters. The molecule has 0 saturated carbocycles. The van der Waals surface area contributed by atoms with Crippen molar-refractivity contribution in [1.82, 2.24) is 9.78 Å². The molecule has 0 saturated heterocycles. The number of ketones is 1. The van der Waals surface area contributed by atoms with Crippen LogP contribution in [0.5, 0.6) is 5.75 Å². The fraction of sp³-hybridized carbons (Fsp3) is 0.333. The monoisotopic (exact) mass is 256 g/mol. The Labute approximate surface area is 112 Å². The number of Topliss-reactive ketones (excluding diaryl/α,β-unsaturated/α-hetero) is 1. The molecule has 0 N–H and O–H groups in total. The van der Waals surface area contributed by atoms with Crippen molar-refractivity contribution < 1.29 is 9.53 Å². The molecule has 1 aromatic carbocycles. The maximum atomic E-state index is 11.8. The predicted molar refractivity (Wildman–Crippen MR) is 71.3 cm³/mol. The Bertz CT molecular complexity index is 616. The number of nitrogens with zero attached hydrogens (tertiary/aromatic N) is 2. The van der Waals surface area contributed by atoms with Gasteiger partial charge in [-0.1, -0.05) is 12.1 Å². The second-order valence-electron chi connectivity index (χ2n) is 4.83. The fourth-order valence-electron chi connectivity index (χ4n) is 2.47. The summed E-state index contributed by atoms with van der Waals surface area (Å²) in [5.41, 5.74) is 2.77. The minimum Gasteiger partial charge on any atom is -0.487 e. The summed E-state index contributed by atoms with van der Waals surface area (Å²) >= 11 is 0. The van der Waals surface area contributed by atoms with E-state index in [0.717, 1.165) is 35.4 Å². The molecule has 0 bridgehead atoms.